The Morgan fingerprint density at radius 1 is 1.16 bits per heavy atom. The van der Waals surface area contributed by atoms with Gasteiger partial charge >= 0.3 is 0 Å². The molecule has 0 radical (unpaired) electrons. The van der Waals surface area contributed by atoms with Gasteiger partial charge in [-0.05, 0) is 37.1 Å². The van der Waals surface area contributed by atoms with E-state index < -0.39 is 0 Å². The number of aromatic nitrogens is 4. The lowest BCUT2D eigenvalue weighted by atomic mass is 10.0. The lowest BCUT2D eigenvalue weighted by molar-refractivity contribution is 1.21. The molecule has 3 N–H and O–H groups in total. The summed E-state index contributed by atoms with van der Waals surface area (Å²) in [6.45, 7) is 4.05. The Morgan fingerprint density at radius 3 is 2.68 bits per heavy atom. The number of benzene rings is 1. The third kappa shape index (κ3) is 1.92. The molecule has 0 saturated carbocycles. The minimum Gasteiger partial charge on any atom is -0.368 e. The molecule has 19 heavy (non-hydrogen) atoms. The number of halogens is 1. The van der Waals surface area contributed by atoms with Gasteiger partial charge in [0.15, 0.2) is 5.65 Å². The van der Waals surface area contributed by atoms with Gasteiger partial charge < -0.3 is 10.7 Å². The van der Waals surface area contributed by atoms with Crippen molar-refractivity contribution in [3.05, 3.63) is 34.6 Å². The van der Waals surface area contributed by atoms with Gasteiger partial charge in [0.2, 0.25) is 5.95 Å². The van der Waals surface area contributed by atoms with E-state index in [1.54, 1.807) is 6.33 Å². The fraction of sp³-hybridized carbons (Fsp3) is 0.154. The van der Waals surface area contributed by atoms with Gasteiger partial charge in [-0.25, -0.2) is 9.97 Å². The molecule has 0 saturated heterocycles. The predicted octanol–water partition coefficient (Wildman–Crippen LogP) is 2.87. The van der Waals surface area contributed by atoms with Crippen molar-refractivity contribution in [1.29, 1.82) is 0 Å². The summed E-state index contributed by atoms with van der Waals surface area (Å²) >= 11 is 6.32. The average molecular weight is 274 g/mol. The molecule has 3 rings (SSSR count). The molecule has 0 atom stereocenters. The maximum absolute atomic E-state index is 6.32. The molecule has 0 aliphatic heterocycles. The predicted molar refractivity (Wildman–Crippen MR) is 76.0 cm³/mol. The van der Waals surface area contributed by atoms with Crippen LogP contribution in [0.5, 0.6) is 0 Å². The Morgan fingerprint density at radius 2 is 1.89 bits per heavy atom. The highest BCUT2D eigenvalue weighted by molar-refractivity contribution is 6.33. The molecule has 2 aromatic heterocycles. The first-order valence-corrected chi connectivity index (χ1v) is 6.18. The number of anilines is 1. The van der Waals surface area contributed by atoms with E-state index in [4.69, 9.17) is 17.3 Å². The van der Waals surface area contributed by atoms with Crippen molar-refractivity contribution in [2.45, 2.75) is 13.8 Å². The van der Waals surface area contributed by atoms with Gasteiger partial charge in [-0.1, -0.05) is 11.6 Å². The first-order valence-electron chi connectivity index (χ1n) is 5.80. The first kappa shape index (κ1) is 11.9. The molecule has 0 aliphatic rings. The topological polar surface area (TPSA) is 80.5 Å². The van der Waals surface area contributed by atoms with Gasteiger partial charge in [0.1, 0.15) is 11.2 Å². The molecule has 3 aromatic rings. The Balaban J connectivity index is 2.35. The fourth-order valence-corrected chi connectivity index (χ4v) is 2.32. The number of H-pyrrole nitrogens is 1. The Kier molecular flexibility index (Phi) is 2.64. The SMILES string of the molecule is Cc1cc(Cl)c(-c2nc(N)nc3nc[nH]c23)cc1C. The second-order valence-electron chi connectivity index (χ2n) is 4.45. The van der Waals surface area contributed by atoms with E-state index >= 15 is 0 Å². The smallest absolute Gasteiger partial charge is 0.222 e. The molecular weight excluding hydrogens is 262 g/mol. The average Bonchev–Trinajstić information content (AvgIpc) is 2.80. The van der Waals surface area contributed by atoms with Gasteiger partial charge in [0.25, 0.3) is 0 Å². The normalized spacial score (nSPS) is 11.1. The summed E-state index contributed by atoms with van der Waals surface area (Å²) < 4.78 is 0. The van der Waals surface area contributed by atoms with Gasteiger partial charge in [-0.3, -0.25) is 0 Å². The van der Waals surface area contributed by atoms with Crippen molar-refractivity contribution < 1.29 is 0 Å². The molecule has 0 spiro atoms. The molecule has 1 aromatic carbocycles. The molecular formula is C13H12ClN5. The minimum absolute atomic E-state index is 0.184. The van der Waals surface area contributed by atoms with Crippen LogP contribution in [0.4, 0.5) is 5.95 Å². The summed E-state index contributed by atoms with van der Waals surface area (Å²) in [5, 5.41) is 0.636. The number of fused-ring (bicyclic) bond motifs is 1. The number of hydrogen-bond acceptors (Lipinski definition) is 4. The van der Waals surface area contributed by atoms with E-state index in [-0.39, 0.29) is 5.95 Å². The van der Waals surface area contributed by atoms with Crippen LogP contribution in [0, 0.1) is 13.8 Å². The molecule has 0 amide bonds. The summed E-state index contributed by atoms with van der Waals surface area (Å²) in [7, 11) is 0. The van der Waals surface area contributed by atoms with E-state index in [1.807, 2.05) is 26.0 Å². The number of nitrogens with two attached hydrogens (primary N) is 1. The fourth-order valence-electron chi connectivity index (χ4n) is 2.01. The highest BCUT2D eigenvalue weighted by Gasteiger charge is 2.14. The number of nitrogens with zero attached hydrogens (tertiary/aromatic N) is 3. The van der Waals surface area contributed by atoms with Crippen LogP contribution in [0.2, 0.25) is 5.02 Å². The van der Waals surface area contributed by atoms with Crippen molar-refractivity contribution in [1.82, 2.24) is 19.9 Å². The quantitative estimate of drug-likeness (QED) is 0.714. The van der Waals surface area contributed by atoms with Crippen LogP contribution >= 0.6 is 11.6 Å². The summed E-state index contributed by atoms with van der Waals surface area (Å²) in [6.07, 6.45) is 1.57. The standard InChI is InChI=1S/C13H12ClN5/c1-6-3-8(9(14)4-7(6)2)10-11-12(17-5-16-11)19-13(15)18-10/h3-5H,1-2H3,(H3,15,16,17,18,19). The number of hydrogen-bond donors (Lipinski definition) is 2. The monoisotopic (exact) mass is 273 g/mol. The molecule has 0 unspecified atom stereocenters. The highest BCUT2D eigenvalue weighted by atomic mass is 35.5. The Hall–Kier alpha value is -2.14. The van der Waals surface area contributed by atoms with E-state index in [9.17, 15) is 0 Å². The maximum Gasteiger partial charge on any atom is 0.222 e. The van der Waals surface area contributed by atoms with E-state index in [2.05, 4.69) is 19.9 Å². The summed E-state index contributed by atoms with van der Waals surface area (Å²) in [5.74, 6) is 0.184. The first-order chi connectivity index (χ1) is 9.06. The molecule has 6 heteroatoms. The Bertz CT molecular complexity index is 778. The van der Waals surface area contributed by atoms with Crippen molar-refractivity contribution in [2.24, 2.45) is 0 Å². The van der Waals surface area contributed by atoms with Crippen molar-refractivity contribution in [3.8, 4) is 11.3 Å². The van der Waals surface area contributed by atoms with Crippen molar-refractivity contribution in [3.63, 3.8) is 0 Å². The van der Waals surface area contributed by atoms with Crippen molar-refractivity contribution >= 4 is 28.7 Å². The van der Waals surface area contributed by atoms with Crippen molar-refractivity contribution in [2.75, 3.05) is 5.73 Å². The number of aryl methyl sites for hydroxylation is 2. The molecule has 5 nitrogen and oxygen atoms in total. The number of rotatable bonds is 1. The lowest BCUT2D eigenvalue weighted by Crippen LogP contribution is -1.98. The summed E-state index contributed by atoms with van der Waals surface area (Å²) in [5.41, 5.74) is 10.8. The molecule has 96 valence electrons. The number of imidazole rings is 1. The zero-order valence-electron chi connectivity index (χ0n) is 10.5. The second kappa shape index (κ2) is 4.20. The number of aromatic amines is 1. The van der Waals surface area contributed by atoms with Crippen LogP contribution in [0.1, 0.15) is 11.1 Å². The third-order valence-corrected chi connectivity index (χ3v) is 3.45. The molecule has 0 bridgehead atoms. The van der Waals surface area contributed by atoms with E-state index in [0.717, 1.165) is 22.2 Å². The second-order valence-corrected chi connectivity index (χ2v) is 4.86. The van der Waals surface area contributed by atoms with Crippen LogP contribution in [-0.4, -0.2) is 19.9 Å². The van der Waals surface area contributed by atoms with Gasteiger partial charge in [-0.15, -0.1) is 0 Å². The van der Waals surface area contributed by atoms with Crippen LogP contribution in [0.3, 0.4) is 0 Å². The van der Waals surface area contributed by atoms with E-state index in [1.165, 1.54) is 0 Å². The van der Waals surface area contributed by atoms with Crippen LogP contribution < -0.4 is 5.73 Å². The minimum atomic E-state index is 0.184. The summed E-state index contributed by atoms with van der Waals surface area (Å²) in [4.78, 5) is 15.5. The van der Waals surface area contributed by atoms with Crippen LogP contribution in [-0.2, 0) is 0 Å². The molecule has 0 fully saturated rings. The zero-order chi connectivity index (χ0) is 13.6. The summed E-state index contributed by atoms with van der Waals surface area (Å²) in [6, 6.07) is 3.92. The number of nitrogens with one attached hydrogen (secondary N) is 1. The molecule has 0 aliphatic carbocycles. The maximum atomic E-state index is 6.32. The molecule has 2 heterocycles. The highest BCUT2D eigenvalue weighted by Crippen LogP contribution is 2.32. The largest absolute Gasteiger partial charge is 0.368 e. The zero-order valence-corrected chi connectivity index (χ0v) is 11.3. The Labute approximate surface area is 114 Å². The lowest BCUT2D eigenvalue weighted by Gasteiger charge is -2.09. The van der Waals surface area contributed by atoms with Gasteiger partial charge in [0.05, 0.1) is 11.3 Å². The van der Waals surface area contributed by atoms with Gasteiger partial charge in [-0.2, -0.15) is 4.98 Å². The number of nitrogen functional groups attached to an aromatic ring is 1. The van der Waals surface area contributed by atoms with Crippen LogP contribution in [0.25, 0.3) is 22.4 Å². The van der Waals surface area contributed by atoms with E-state index in [0.29, 0.717) is 16.4 Å². The van der Waals surface area contributed by atoms with Gasteiger partial charge in [0, 0.05) is 5.56 Å². The third-order valence-electron chi connectivity index (χ3n) is 3.14. The van der Waals surface area contributed by atoms with Crippen LogP contribution in [0.15, 0.2) is 18.5 Å².